The minimum Gasteiger partial charge on any atom is -0.399 e. The SMILES string of the molecule is Cc1ccc(N)cc1NC(=O)c1snnc1C(C)C. The Hall–Kier alpha value is -1.95. The number of carbonyl (C=O) groups is 1. The number of aromatic nitrogens is 2. The number of nitrogens with zero attached hydrogens (tertiary/aromatic N) is 2. The molecular weight excluding hydrogens is 260 g/mol. The van der Waals surface area contributed by atoms with Gasteiger partial charge in [0.25, 0.3) is 5.91 Å². The number of nitrogens with one attached hydrogen (secondary N) is 1. The van der Waals surface area contributed by atoms with Crippen LogP contribution in [0.2, 0.25) is 0 Å². The highest BCUT2D eigenvalue weighted by Gasteiger charge is 2.19. The molecule has 3 N–H and O–H groups in total. The van der Waals surface area contributed by atoms with Gasteiger partial charge in [-0.1, -0.05) is 24.4 Å². The molecular formula is C13H16N4OS. The monoisotopic (exact) mass is 276 g/mol. The summed E-state index contributed by atoms with van der Waals surface area (Å²) in [6.07, 6.45) is 0. The van der Waals surface area contributed by atoms with E-state index >= 15 is 0 Å². The third-order valence-electron chi connectivity index (χ3n) is 2.78. The summed E-state index contributed by atoms with van der Waals surface area (Å²) >= 11 is 1.11. The van der Waals surface area contributed by atoms with E-state index in [0.29, 0.717) is 16.3 Å². The van der Waals surface area contributed by atoms with Crippen molar-refractivity contribution in [2.45, 2.75) is 26.7 Å². The maximum absolute atomic E-state index is 12.2. The van der Waals surface area contributed by atoms with Gasteiger partial charge in [-0.15, -0.1) is 5.10 Å². The maximum Gasteiger partial charge on any atom is 0.269 e. The van der Waals surface area contributed by atoms with E-state index in [4.69, 9.17) is 5.73 Å². The Morgan fingerprint density at radius 1 is 1.42 bits per heavy atom. The van der Waals surface area contributed by atoms with Gasteiger partial charge in [0.05, 0.1) is 5.69 Å². The molecule has 0 saturated carbocycles. The lowest BCUT2D eigenvalue weighted by Crippen LogP contribution is -2.14. The van der Waals surface area contributed by atoms with Gasteiger partial charge in [0.15, 0.2) is 0 Å². The normalized spacial score (nSPS) is 10.7. The summed E-state index contributed by atoms with van der Waals surface area (Å²) in [6, 6.07) is 5.43. The summed E-state index contributed by atoms with van der Waals surface area (Å²) < 4.78 is 3.85. The summed E-state index contributed by atoms with van der Waals surface area (Å²) in [5.74, 6) is -0.0196. The summed E-state index contributed by atoms with van der Waals surface area (Å²) in [5, 5.41) is 6.86. The zero-order valence-electron chi connectivity index (χ0n) is 11.1. The number of amides is 1. The van der Waals surface area contributed by atoms with Crippen LogP contribution in [0.1, 0.15) is 40.7 Å². The van der Waals surface area contributed by atoms with Gasteiger partial charge in [0, 0.05) is 11.4 Å². The summed E-state index contributed by atoms with van der Waals surface area (Å²) in [6.45, 7) is 5.89. The second-order valence-electron chi connectivity index (χ2n) is 4.67. The van der Waals surface area contributed by atoms with E-state index in [0.717, 1.165) is 22.8 Å². The van der Waals surface area contributed by atoms with E-state index in [2.05, 4.69) is 14.9 Å². The molecule has 0 aliphatic rings. The third-order valence-corrected chi connectivity index (χ3v) is 3.52. The second-order valence-corrected chi connectivity index (χ2v) is 5.42. The maximum atomic E-state index is 12.2. The van der Waals surface area contributed by atoms with Gasteiger partial charge in [0.1, 0.15) is 4.88 Å². The van der Waals surface area contributed by atoms with Gasteiger partial charge in [-0.25, -0.2) is 0 Å². The molecule has 1 aromatic carbocycles. The molecule has 1 aromatic heterocycles. The molecule has 6 heteroatoms. The average molecular weight is 276 g/mol. The molecule has 0 bridgehead atoms. The fraction of sp³-hybridized carbons (Fsp3) is 0.308. The van der Waals surface area contributed by atoms with Gasteiger partial charge in [-0.2, -0.15) is 0 Å². The Morgan fingerprint density at radius 2 is 2.16 bits per heavy atom. The summed E-state index contributed by atoms with van der Waals surface area (Å²) in [4.78, 5) is 12.8. The number of hydrogen-bond donors (Lipinski definition) is 2. The number of nitrogen functional groups attached to an aromatic ring is 1. The molecule has 19 heavy (non-hydrogen) atoms. The van der Waals surface area contributed by atoms with E-state index in [1.165, 1.54) is 0 Å². The first kappa shape index (κ1) is 13.5. The molecule has 0 fully saturated rings. The molecule has 2 aromatic rings. The predicted octanol–water partition coefficient (Wildman–Crippen LogP) is 2.80. The van der Waals surface area contributed by atoms with Crippen LogP contribution < -0.4 is 11.1 Å². The molecule has 0 spiro atoms. The average Bonchev–Trinajstić information content (AvgIpc) is 2.83. The molecule has 1 heterocycles. The Labute approximate surface area is 116 Å². The standard InChI is InChI=1S/C13H16N4OS/c1-7(2)11-12(19-17-16-11)13(18)15-10-6-9(14)5-4-8(10)3/h4-7H,14H2,1-3H3,(H,15,18). The van der Waals surface area contributed by atoms with Crippen molar-refractivity contribution in [2.75, 3.05) is 11.1 Å². The van der Waals surface area contributed by atoms with Gasteiger partial charge in [-0.3, -0.25) is 4.79 Å². The molecule has 0 atom stereocenters. The van der Waals surface area contributed by atoms with Crippen molar-refractivity contribution in [1.82, 2.24) is 9.59 Å². The summed E-state index contributed by atoms with van der Waals surface area (Å²) in [5.41, 5.74) is 8.75. The first-order valence-corrected chi connectivity index (χ1v) is 6.76. The lowest BCUT2D eigenvalue weighted by molar-refractivity contribution is 0.102. The number of hydrogen-bond acceptors (Lipinski definition) is 5. The van der Waals surface area contributed by atoms with E-state index in [1.807, 2.05) is 26.8 Å². The lowest BCUT2D eigenvalue weighted by atomic mass is 10.1. The molecule has 0 aliphatic carbocycles. The van der Waals surface area contributed by atoms with Crippen molar-refractivity contribution in [3.05, 3.63) is 34.3 Å². The van der Waals surface area contributed by atoms with Gasteiger partial charge in [0.2, 0.25) is 0 Å². The topological polar surface area (TPSA) is 80.9 Å². The molecule has 100 valence electrons. The molecule has 1 amide bonds. The van der Waals surface area contributed by atoms with E-state index < -0.39 is 0 Å². The predicted molar refractivity (Wildman–Crippen MR) is 77.5 cm³/mol. The number of benzene rings is 1. The zero-order chi connectivity index (χ0) is 14.0. The smallest absolute Gasteiger partial charge is 0.269 e. The lowest BCUT2D eigenvalue weighted by Gasteiger charge is -2.09. The third kappa shape index (κ3) is 2.90. The van der Waals surface area contributed by atoms with Crippen molar-refractivity contribution in [2.24, 2.45) is 0 Å². The highest BCUT2D eigenvalue weighted by atomic mass is 32.1. The van der Waals surface area contributed by atoms with E-state index in [-0.39, 0.29) is 11.8 Å². The van der Waals surface area contributed by atoms with Gasteiger partial charge < -0.3 is 11.1 Å². The Kier molecular flexibility index (Phi) is 3.80. The first-order valence-electron chi connectivity index (χ1n) is 5.98. The highest BCUT2D eigenvalue weighted by molar-refractivity contribution is 7.08. The first-order chi connectivity index (χ1) is 8.99. The quantitative estimate of drug-likeness (QED) is 0.845. The van der Waals surface area contributed by atoms with Crippen LogP contribution in [0.25, 0.3) is 0 Å². The van der Waals surface area contributed by atoms with Crippen LogP contribution in [0.5, 0.6) is 0 Å². The zero-order valence-corrected chi connectivity index (χ0v) is 11.9. The van der Waals surface area contributed by atoms with Crippen molar-refractivity contribution >= 4 is 28.8 Å². The van der Waals surface area contributed by atoms with Crippen LogP contribution in [0.4, 0.5) is 11.4 Å². The van der Waals surface area contributed by atoms with Crippen LogP contribution in [0, 0.1) is 6.92 Å². The molecule has 2 rings (SSSR count). The minimum atomic E-state index is -0.188. The van der Waals surface area contributed by atoms with E-state index in [9.17, 15) is 4.79 Å². The molecule has 0 saturated heterocycles. The molecule has 5 nitrogen and oxygen atoms in total. The van der Waals surface area contributed by atoms with Crippen molar-refractivity contribution in [1.29, 1.82) is 0 Å². The second kappa shape index (κ2) is 5.36. The van der Waals surface area contributed by atoms with Crippen LogP contribution in [0.15, 0.2) is 18.2 Å². The van der Waals surface area contributed by atoms with Crippen LogP contribution in [-0.2, 0) is 0 Å². The molecule has 0 unspecified atom stereocenters. The van der Waals surface area contributed by atoms with Gasteiger partial charge >= 0.3 is 0 Å². The fourth-order valence-electron chi connectivity index (χ4n) is 1.69. The Balaban J connectivity index is 2.26. The number of anilines is 2. The highest BCUT2D eigenvalue weighted by Crippen LogP contribution is 2.23. The van der Waals surface area contributed by atoms with E-state index in [1.54, 1.807) is 12.1 Å². The van der Waals surface area contributed by atoms with Crippen molar-refractivity contribution in [3.63, 3.8) is 0 Å². The number of nitrogens with two attached hydrogens (primary N) is 1. The number of rotatable bonds is 3. The van der Waals surface area contributed by atoms with Crippen molar-refractivity contribution < 1.29 is 4.79 Å². The van der Waals surface area contributed by atoms with Crippen LogP contribution in [0.3, 0.4) is 0 Å². The summed E-state index contributed by atoms with van der Waals surface area (Å²) in [7, 11) is 0. The largest absolute Gasteiger partial charge is 0.399 e. The molecule has 0 aliphatic heterocycles. The number of carbonyl (C=O) groups excluding carboxylic acids is 1. The Bertz CT molecular complexity index is 606. The number of aryl methyl sites for hydroxylation is 1. The van der Waals surface area contributed by atoms with Gasteiger partial charge in [-0.05, 0) is 42.1 Å². The van der Waals surface area contributed by atoms with Crippen LogP contribution >= 0.6 is 11.5 Å². The Morgan fingerprint density at radius 3 is 2.84 bits per heavy atom. The minimum absolute atomic E-state index is 0.168. The molecule has 0 radical (unpaired) electrons. The van der Waals surface area contributed by atoms with Crippen LogP contribution in [-0.4, -0.2) is 15.5 Å². The fourth-order valence-corrected chi connectivity index (χ4v) is 2.40. The van der Waals surface area contributed by atoms with Crippen molar-refractivity contribution in [3.8, 4) is 0 Å².